The Morgan fingerprint density at radius 2 is 2.11 bits per heavy atom. The highest BCUT2D eigenvalue weighted by Gasteiger charge is 2.33. The molecule has 6 nitrogen and oxygen atoms in total. The van der Waals surface area contributed by atoms with Gasteiger partial charge in [-0.05, 0) is 38.7 Å². The summed E-state index contributed by atoms with van der Waals surface area (Å²) in [5.74, 6) is -0.105. The molecule has 1 fully saturated rings. The van der Waals surface area contributed by atoms with E-state index in [0.29, 0.717) is 13.1 Å². The summed E-state index contributed by atoms with van der Waals surface area (Å²) in [6.45, 7) is 0.988. The normalized spacial score (nSPS) is 21.1. The third-order valence-corrected chi connectivity index (χ3v) is 5.35. The van der Waals surface area contributed by atoms with Crippen molar-refractivity contribution in [2.45, 2.75) is 17.4 Å². The van der Waals surface area contributed by atoms with E-state index in [2.05, 4.69) is 0 Å². The van der Waals surface area contributed by atoms with E-state index in [1.54, 1.807) is 0 Å². The molecule has 1 atom stereocenters. The predicted molar refractivity (Wildman–Crippen MR) is 73.4 cm³/mol. The fraction of sp³-hybridized carbons (Fsp3) is 0.500. The van der Waals surface area contributed by atoms with Crippen molar-refractivity contribution in [3.05, 3.63) is 18.2 Å². The summed E-state index contributed by atoms with van der Waals surface area (Å²) < 4.78 is 26.3. The first kappa shape index (κ1) is 14.1. The van der Waals surface area contributed by atoms with Gasteiger partial charge in [-0.2, -0.15) is 4.31 Å². The molecular weight excluding hydrogens is 266 g/mol. The Balaban J connectivity index is 2.26. The first-order valence-corrected chi connectivity index (χ1v) is 7.51. The SMILES string of the molecule is CN(C)C1CCN(S(=O)(=O)c2ccc(O)c(N)c2)C1. The van der Waals surface area contributed by atoms with E-state index in [4.69, 9.17) is 5.73 Å². The van der Waals surface area contributed by atoms with Gasteiger partial charge in [0, 0.05) is 19.1 Å². The average molecular weight is 285 g/mol. The molecular formula is C12H19N3O3S. The number of phenols is 1. The fourth-order valence-electron chi connectivity index (χ4n) is 2.19. The number of benzene rings is 1. The molecule has 0 aliphatic carbocycles. The number of likely N-dealkylation sites (N-methyl/N-ethyl adjacent to an activating group) is 1. The molecule has 0 saturated carbocycles. The maximum Gasteiger partial charge on any atom is 0.243 e. The van der Waals surface area contributed by atoms with E-state index in [1.807, 2.05) is 19.0 Å². The van der Waals surface area contributed by atoms with Gasteiger partial charge in [0.2, 0.25) is 10.0 Å². The van der Waals surface area contributed by atoms with Crippen LogP contribution in [0.15, 0.2) is 23.1 Å². The molecule has 1 unspecified atom stereocenters. The molecule has 0 amide bonds. The molecule has 1 heterocycles. The topological polar surface area (TPSA) is 86.9 Å². The molecule has 106 valence electrons. The molecule has 2 rings (SSSR count). The molecule has 0 aromatic heterocycles. The smallest absolute Gasteiger partial charge is 0.243 e. The predicted octanol–water partition coefficient (Wildman–Crippen LogP) is 0.299. The minimum atomic E-state index is -3.53. The first-order chi connectivity index (χ1) is 8.82. The molecule has 1 aliphatic rings. The second-order valence-electron chi connectivity index (χ2n) is 4.99. The van der Waals surface area contributed by atoms with Crippen LogP contribution in [0.25, 0.3) is 0 Å². The van der Waals surface area contributed by atoms with Gasteiger partial charge in [0.05, 0.1) is 10.6 Å². The van der Waals surface area contributed by atoms with Crippen LogP contribution in [0, 0.1) is 0 Å². The van der Waals surface area contributed by atoms with Gasteiger partial charge in [0.1, 0.15) is 5.75 Å². The third-order valence-electron chi connectivity index (χ3n) is 3.49. The highest BCUT2D eigenvalue weighted by Crippen LogP contribution is 2.27. The summed E-state index contributed by atoms with van der Waals surface area (Å²) in [6, 6.07) is 4.23. The van der Waals surface area contributed by atoms with Gasteiger partial charge >= 0.3 is 0 Å². The quantitative estimate of drug-likeness (QED) is 0.616. The Morgan fingerprint density at radius 3 is 2.63 bits per heavy atom. The molecule has 1 saturated heterocycles. The first-order valence-electron chi connectivity index (χ1n) is 6.07. The highest BCUT2D eigenvalue weighted by atomic mass is 32.2. The van der Waals surface area contributed by atoms with Gasteiger partial charge < -0.3 is 15.7 Å². The number of hydrogen-bond donors (Lipinski definition) is 2. The highest BCUT2D eigenvalue weighted by molar-refractivity contribution is 7.89. The molecule has 0 radical (unpaired) electrons. The van der Waals surface area contributed by atoms with Crippen LogP contribution in [0.2, 0.25) is 0 Å². The van der Waals surface area contributed by atoms with E-state index in [9.17, 15) is 13.5 Å². The molecule has 0 spiro atoms. The summed E-state index contributed by atoms with van der Waals surface area (Å²) in [4.78, 5) is 2.16. The molecule has 1 aliphatic heterocycles. The van der Waals surface area contributed by atoms with Crippen LogP contribution < -0.4 is 5.73 Å². The van der Waals surface area contributed by atoms with Crippen LogP contribution in [-0.2, 0) is 10.0 Å². The summed E-state index contributed by atoms with van der Waals surface area (Å²) in [7, 11) is 0.359. The lowest BCUT2D eigenvalue weighted by atomic mass is 10.2. The molecule has 0 bridgehead atoms. The Bertz CT molecular complexity index is 572. The Kier molecular flexibility index (Phi) is 3.71. The maximum atomic E-state index is 12.4. The standard InChI is InChI=1S/C12H19N3O3S/c1-14(2)9-5-6-15(8-9)19(17,18)10-3-4-12(16)11(13)7-10/h3-4,7,9,16H,5-6,8,13H2,1-2H3. The van der Waals surface area contributed by atoms with E-state index in [0.717, 1.165) is 6.42 Å². The minimum Gasteiger partial charge on any atom is -0.506 e. The van der Waals surface area contributed by atoms with Gasteiger partial charge in [0.25, 0.3) is 0 Å². The zero-order valence-corrected chi connectivity index (χ0v) is 11.9. The number of nitrogen functional groups attached to an aromatic ring is 1. The molecule has 1 aromatic carbocycles. The van der Waals surface area contributed by atoms with Crippen LogP contribution in [-0.4, -0.2) is 56.0 Å². The van der Waals surface area contributed by atoms with E-state index < -0.39 is 10.0 Å². The summed E-state index contributed by atoms with van der Waals surface area (Å²) in [6.07, 6.45) is 0.819. The molecule has 3 N–H and O–H groups in total. The van der Waals surface area contributed by atoms with Crippen molar-refractivity contribution >= 4 is 15.7 Å². The van der Waals surface area contributed by atoms with Crippen molar-refractivity contribution in [3.8, 4) is 5.75 Å². The van der Waals surface area contributed by atoms with Gasteiger partial charge in [-0.15, -0.1) is 0 Å². The number of nitrogens with zero attached hydrogens (tertiary/aromatic N) is 2. The van der Waals surface area contributed by atoms with Crippen molar-refractivity contribution in [3.63, 3.8) is 0 Å². The maximum absolute atomic E-state index is 12.4. The largest absolute Gasteiger partial charge is 0.506 e. The number of nitrogens with two attached hydrogens (primary N) is 1. The van der Waals surface area contributed by atoms with Gasteiger partial charge in [-0.3, -0.25) is 0 Å². The molecule has 7 heteroatoms. The van der Waals surface area contributed by atoms with Crippen molar-refractivity contribution in [1.82, 2.24) is 9.21 Å². The van der Waals surface area contributed by atoms with Crippen molar-refractivity contribution in [1.29, 1.82) is 0 Å². The lowest BCUT2D eigenvalue weighted by Crippen LogP contribution is -2.34. The zero-order valence-electron chi connectivity index (χ0n) is 11.1. The van der Waals surface area contributed by atoms with E-state index in [-0.39, 0.29) is 22.4 Å². The minimum absolute atomic E-state index is 0.0735. The second-order valence-corrected chi connectivity index (χ2v) is 6.93. The number of anilines is 1. The summed E-state index contributed by atoms with van der Waals surface area (Å²) in [5, 5.41) is 9.35. The zero-order chi connectivity index (χ0) is 14.2. The Morgan fingerprint density at radius 1 is 1.42 bits per heavy atom. The van der Waals surface area contributed by atoms with Gasteiger partial charge in [-0.25, -0.2) is 8.42 Å². The van der Waals surface area contributed by atoms with Gasteiger partial charge in [0.15, 0.2) is 0 Å². The number of phenolic OH excluding ortho intramolecular Hbond substituents is 1. The van der Waals surface area contributed by atoms with Crippen LogP contribution in [0.3, 0.4) is 0 Å². The fourth-order valence-corrected chi connectivity index (χ4v) is 3.72. The van der Waals surface area contributed by atoms with Crippen LogP contribution >= 0.6 is 0 Å². The van der Waals surface area contributed by atoms with Crippen molar-refractivity contribution < 1.29 is 13.5 Å². The lowest BCUT2D eigenvalue weighted by molar-refractivity contribution is 0.302. The summed E-state index contributed by atoms with van der Waals surface area (Å²) >= 11 is 0. The Labute approximate surface area is 113 Å². The Hall–Kier alpha value is -1.31. The van der Waals surface area contributed by atoms with Crippen LogP contribution in [0.1, 0.15) is 6.42 Å². The van der Waals surface area contributed by atoms with Crippen molar-refractivity contribution in [2.24, 2.45) is 0 Å². The summed E-state index contributed by atoms with van der Waals surface area (Å²) in [5.41, 5.74) is 5.62. The number of hydrogen-bond acceptors (Lipinski definition) is 5. The number of aromatic hydroxyl groups is 1. The second kappa shape index (κ2) is 4.99. The monoisotopic (exact) mass is 285 g/mol. The van der Waals surface area contributed by atoms with Crippen molar-refractivity contribution in [2.75, 3.05) is 32.9 Å². The van der Waals surface area contributed by atoms with E-state index >= 15 is 0 Å². The number of rotatable bonds is 3. The average Bonchev–Trinajstić information content (AvgIpc) is 2.82. The lowest BCUT2D eigenvalue weighted by Gasteiger charge is -2.20. The molecule has 19 heavy (non-hydrogen) atoms. The van der Waals surface area contributed by atoms with Crippen LogP contribution in [0.5, 0.6) is 5.75 Å². The molecule has 1 aromatic rings. The third kappa shape index (κ3) is 2.68. The van der Waals surface area contributed by atoms with E-state index in [1.165, 1.54) is 22.5 Å². The van der Waals surface area contributed by atoms with Gasteiger partial charge in [-0.1, -0.05) is 0 Å². The number of sulfonamides is 1. The van der Waals surface area contributed by atoms with Crippen LogP contribution in [0.4, 0.5) is 5.69 Å².